The summed E-state index contributed by atoms with van der Waals surface area (Å²) in [6, 6.07) is 0. The molecule has 0 aliphatic heterocycles. The first-order chi connectivity index (χ1) is 22.7. The number of carbonyl (C=O) groups is 8. The Morgan fingerprint density at radius 1 is 0.458 bits per heavy atom. The summed E-state index contributed by atoms with van der Waals surface area (Å²) in [4.78, 5) is 93.6. The van der Waals surface area contributed by atoms with E-state index in [0.29, 0.717) is 13.1 Å². The highest BCUT2D eigenvalue weighted by molar-refractivity contribution is 5.94. The number of carboxylic acids is 4. The van der Waals surface area contributed by atoms with Gasteiger partial charge in [-0.3, -0.25) is 28.8 Å². The Labute approximate surface area is 277 Å². The van der Waals surface area contributed by atoms with Crippen LogP contribution in [-0.2, 0) is 38.4 Å². The predicted molar refractivity (Wildman–Crippen MR) is 168 cm³/mol. The minimum atomic E-state index is -1.61. The highest BCUT2D eigenvalue weighted by Crippen LogP contribution is 2.29. The van der Waals surface area contributed by atoms with E-state index in [1.165, 1.54) is 0 Å². The Balaban J connectivity index is 1.73. The molecule has 2 rings (SSSR count). The normalized spacial score (nSPS) is 22.2. The van der Waals surface area contributed by atoms with Crippen molar-refractivity contribution in [1.29, 1.82) is 0 Å². The van der Waals surface area contributed by atoms with Crippen molar-refractivity contribution in [3.05, 3.63) is 24.3 Å². The van der Waals surface area contributed by atoms with E-state index < -0.39 is 72.2 Å². The van der Waals surface area contributed by atoms with Gasteiger partial charge in [0.05, 0.1) is 11.8 Å². The third kappa shape index (κ3) is 15.7. The Kier molecular flexibility index (Phi) is 16.8. The molecule has 0 heterocycles. The van der Waals surface area contributed by atoms with Crippen LogP contribution in [0.25, 0.3) is 0 Å². The molecular weight excluding hydrogens is 632 g/mol. The van der Waals surface area contributed by atoms with Crippen molar-refractivity contribution in [1.82, 2.24) is 21.3 Å². The molecule has 2 fully saturated rings. The second kappa shape index (κ2) is 20.5. The molecule has 2 saturated carbocycles. The van der Waals surface area contributed by atoms with E-state index in [9.17, 15) is 48.6 Å². The monoisotopic (exact) mass is 678 g/mol. The summed E-state index contributed by atoms with van der Waals surface area (Å²) < 4.78 is 0. The molecule has 0 bridgehead atoms. The fourth-order valence-corrected chi connectivity index (χ4v) is 6.04. The van der Waals surface area contributed by atoms with Crippen molar-refractivity contribution in [3.63, 3.8) is 0 Å². The van der Waals surface area contributed by atoms with E-state index >= 15 is 0 Å². The Hall–Kier alpha value is -4.76. The predicted octanol–water partition coefficient (Wildman–Crippen LogP) is 0.527. The van der Waals surface area contributed by atoms with Crippen LogP contribution in [0.2, 0.25) is 0 Å². The van der Waals surface area contributed by atoms with Gasteiger partial charge in [-0.05, 0) is 75.0 Å². The van der Waals surface area contributed by atoms with Crippen LogP contribution in [0.1, 0.15) is 64.2 Å². The molecule has 0 aromatic carbocycles. The lowest BCUT2D eigenvalue weighted by molar-refractivity contribution is -0.156. The molecule has 4 amide bonds. The van der Waals surface area contributed by atoms with Crippen LogP contribution in [0.5, 0.6) is 0 Å². The number of aliphatic carboxylic acids is 4. The molecule has 2 aliphatic carbocycles. The molecule has 8 N–H and O–H groups in total. The van der Waals surface area contributed by atoms with E-state index in [2.05, 4.69) is 21.3 Å². The van der Waals surface area contributed by atoms with Crippen LogP contribution in [0.4, 0.5) is 0 Å². The van der Waals surface area contributed by atoms with Crippen LogP contribution < -0.4 is 21.3 Å². The zero-order valence-electron chi connectivity index (χ0n) is 26.7. The molecule has 48 heavy (non-hydrogen) atoms. The molecule has 2 atom stereocenters. The largest absolute Gasteiger partial charge is 0.481 e. The van der Waals surface area contributed by atoms with Gasteiger partial charge < -0.3 is 41.7 Å². The van der Waals surface area contributed by atoms with Crippen LogP contribution in [0, 0.1) is 35.5 Å². The van der Waals surface area contributed by atoms with E-state index in [1.54, 1.807) is 0 Å². The number of carbonyl (C=O) groups excluding carboxylic acids is 4. The topological polar surface area (TPSA) is 266 Å². The summed E-state index contributed by atoms with van der Waals surface area (Å²) in [5.74, 6) is -10.2. The first kappa shape index (κ1) is 39.4. The third-order valence-electron chi connectivity index (χ3n) is 8.92. The molecule has 0 saturated heterocycles. The summed E-state index contributed by atoms with van der Waals surface area (Å²) in [5.41, 5.74) is 0. The molecule has 16 heteroatoms. The molecule has 266 valence electrons. The van der Waals surface area contributed by atoms with Gasteiger partial charge in [-0.2, -0.15) is 0 Å². The van der Waals surface area contributed by atoms with Crippen molar-refractivity contribution in [3.8, 4) is 0 Å². The van der Waals surface area contributed by atoms with Gasteiger partial charge >= 0.3 is 23.9 Å². The van der Waals surface area contributed by atoms with Crippen LogP contribution in [0.15, 0.2) is 24.3 Å². The van der Waals surface area contributed by atoms with E-state index in [-0.39, 0.29) is 36.8 Å². The number of hydrogen-bond acceptors (Lipinski definition) is 8. The van der Waals surface area contributed by atoms with Gasteiger partial charge in [0, 0.05) is 63.3 Å². The number of carboxylic acid groups (broad SMARTS) is 4. The van der Waals surface area contributed by atoms with Crippen molar-refractivity contribution < 1.29 is 58.8 Å². The van der Waals surface area contributed by atoms with Gasteiger partial charge in [0.1, 0.15) is 0 Å². The number of hydrogen-bond donors (Lipinski definition) is 8. The number of rotatable bonds is 19. The zero-order valence-corrected chi connectivity index (χ0v) is 26.7. The Morgan fingerprint density at radius 2 is 0.729 bits per heavy atom. The van der Waals surface area contributed by atoms with Gasteiger partial charge in [0.25, 0.3) is 0 Å². The Bertz CT molecular complexity index is 1140. The fraction of sp³-hybridized carbons (Fsp3) is 0.625. The number of nitrogens with one attached hydrogen (secondary N) is 4. The minimum absolute atomic E-state index is 0.118. The van der Waals surface area contributed by atoms with Gasteiger partial charge in [0.2, 0.25) is 23.6 Å². The molecule has 0 spiro atoms. The molecule has 0 radical (unpaired) electrons. The second-order valence-corrected chi connectivity index (χ2v) is 12.5. The lowest BCUT2D eigenvalue weighted by Crippen LogP contribution is -2.40. The average molecular weight is 679 g/mol. The molecule has 0 aromatic rings. The van der Waals surface area contributed by atoms with Gasteiger partial charge in [0.15, 0.2) is 0 Å². The smallest absolute Gasteiger partial charge is 0.328 e. The summed E-state index contributed by atoms with van der Waals surface area (Å²) in [7, 11) is 0. The molecule has 16 nitrogen and oxygen atoms in total. The maximum Gasteiger partial charge on any atom is 0.328 e. The van der Waals surface area contributed by atoms with Crippen molar-refractivity contribution in [2.45, 2.75) is 64.2 Å². The first-order valence-corrected chi connectivity index (χ1v) is 16.1. The first-order valence-electron chi connectivity index (χ1n) is 16.1. The van der Waals surface area contributed by atoms with Crippen LogP contribution in [0.3, 0.4) is 0 Å². The standard InChI is InChI=1S/C32H46N4O12/c37-25(9-11-29(41)42)33-15-19-1-5-21(6-2-19)17-35-27(39)13-23(31(45)46)24(32(47)48)14-28(40)36-18-22-7-3-20(4-8-22)16-34-26(38)10-12-30(43)44/h9-12,19-24H,1-8,13-18H2,(H,33,37)(H,34,38)(H,35,39)(H,36,40)(H,41,42)(H,43,44)(H,45,46)(H,47,48)/b11-9-,12-10-. The lowest BCUT2D eigenvalue weighted by Gasteiger charge is -2.29. The highest BCUT2D eigenvalue weighted by atomic mass is 16.4. The van der Waals surface area contributed by atoms with Crippen molar-refractivity contribution >= 4 is 47.5 Å². The van der Waals surface area contributed by atoms with Crippen molar-refractivity contribution in [2.24, 2.45) is 35.5 Å². The SMILES string of the molecule is O=C(O)/C=C\C(=O)NCC1CCC(CNC(=O)CC(C(=O)O)C(CC(=O)NCC2CCC(CNC(=O)/C=C\C(=O)O)CC2)C(=O)O)CC1. The summed E-state index contributed by atoms with van der Waals surface area (Å²) in [5, 5.41) is 47.4. The maximum atomic E-state index is 12.7. The third-order valence-corrected chi connectivity index (χ3v) is 8.92. The molecule has 0 aromatic heterocycles. The van der Waals surface area contributed by atoms with Crippen LogP contribution >= 0.6 is 0 Å². The summed E-state index contributed by atoms with van der Waals surface area (Å²) >= 11 is 0. The molecule has 2 aliphatic rings. The quantitative estimate of drug-likeness (QED) is 0.0870. The molecule has 2 unspecified atom stereocenters. The lowest BCUT2D eigenvalue weighted by atomic mass is 9.81. The van der Waals surface area contributed by atoms with E-state index in [1.807, 2.05) is 0 Å². The van der Waals surface area contributed by atoms with Gasteiger partial charge in [-0.1, -0.05) is 0 Å². The van der Waals surface area contributed by atoms with E-state index in [4.69, 9.17) is 10.2 Å². The van der Waals surface area contributed by atoms with Gasteiger partial charge in [-0.15, -0.1) is 0 Å². The van der Waals surface area contributed by atoms with E-state index in [0.717, 1.165) is 75.7 Å². The maximum absolute atomic E-state index is 12.7. The van der Waals surface area contributed by atoms with Gasteiger partial charge in [-0.25, -0.2) is 9.59 Å². The van der Waals surface area contributed by atoms with Crippen LogP contribution in [-0.4, -0.2) is 94.1 Å². The fourth-order valence-electron chi connectivity index (χ4n) is 6.04. The second-order valence-electron chi connectivity index (χ2n) is 12.5. The highest BCUT2D eigenvalue weighted by Gasteiger charge is 2.37. The average Bonchev–Trinajstić information content (AvgIpc) is 3.04. The number of amides is 4. The molecular formula is C32H46N4O12. The minimum Gasteiger partial charge on any atom is -0.481 e. The summed E-state index contributed by atoms with van der Waals surface area (Å²) in [6.45, 7) is 1.34. The van der Waals surface area contributed by atoms with Crippen molar-refractivity contribution in [2.75, 3.05) is 26.2 Å². The Morgan fingerprint density at radius 3 is 0.979 bits per heavy atom. The summed E-state index contributed by atoms with van der Waals surface area (Å²) in [6.07, 6.45) is 8.27. The zero-order chi connectivity index (χ0) is 35.6.